The Morgan fingerprint density at radius 2 is 1.67 bits per heavy atom. The largest absolute Gasteiger partial charge is 0.483 e. The van der Waals surface area contributed by atoms with Gasteiger partial charge in [0.1, 0.15) is 11.8 Å². The molecule has 8 heteroatoms. The van der Waals surface area contributed by atoms with Crippen LogP contribution in [0.5, 0.6) is 5.75 Å². The van der Waals surface area contributed by atoms with E-state index in [-0.39, 0.29) is 30.9 Å². The molecule has 0 bridgehead atoms. The van der Waals surface area contributed by atoms with Crippen LogP contribution in [0.15, 0.2) is 81.7 Å². The molecule has 0 aliphatic carbocycles. The van der Waals surface area contributed by atoms with Gasteiger partial charge < -0.3 is 15.0 Å². The van der Waals surface area contributed by atoms with Crippen LogP contribution in [0, 0.1) is 5.92 Å². The van der Waals surface area contributed by atoms with E-state index in [1.165, 1.54) is 0 Å². The predicted molar refractivity (Wildman–Crippen MR) is 151 cm³/mol. The van der Waals surface area contributed by atoms with Gasteiger partial charge in [0.05, 0.1) is 4.47 Å². The Hall–Kier alpha value is -2.35. The molecule has 3 aromatic rings. The van der Waals surface area contributed by atoms with Gasteiger partial charge in [0, 0.05) is 29.0 Å². The molecule has 0 fully saturated rings. The molecule has 0 heterocycles. The third-order valence-corrected chi connectivity index (χ3v) is 6.85. The zero-order valence-corrected chi connectivity index (χ0v) is 24.1. The highest BCUT2D eigenvalue weighted by atomic mass is 79.9. The fourth-order valence-corrected chi connectivity index (χ4v) is 4.64. The number of ether oxygens (including phenoxy) is 1. The number of carbonyl (C=O) groups is 2. The minimum Gasteiger partial charge on any atom is -0.483 e. The van der Waals surface area contributed by atoms with Crippen molar-refractivity contribution in [3.63, 3.8) is 0 Å². The van der Waals surface area contributed by atoms with Crippen LogP contribution in [0.25, 0.3) is 0 Å². The van der Waals surface area contributed by atoms with Crippen molar-refractivity contribution in [1.82, 2.24) is 10.2 Å². The monoisotopic (exact) mass is 634 g/mol. The van der Waals surface area contributed by atoms with Crippen LogP contribution in [0.1, 0.15) is 25.0 Å². The molecule has 2 amide bonds. The molecule has 190 valence electrons. The molecule has 36 heavy (non-hydrogen) atoms. The van der Waals surface area contributed by atoms with Gasteiger partial charge in [-0.2, -0.15) is 0 Å². The molecule has 0 aliphatic heterocycles. The van der Waals surface area contributed by atoms with E-state index in [0.29, 0.717) is 28.2 Å². The summed E-state index contributed by atoms with van der Waals surface area (Å²) in [6, 6.07) is 21.8. The Balaban J connectivity index is 1.90. The van der Waals surface area contributed by atoms with Gasteiger partial charge in [-0.25, -0.2) is 0 Å². The maximum atomic E-state index is 13.6. The van der Waals surface area contributed by atoms with Gasteiger partial charge in [-0.3, -0.25) is 9.59 Å². The van der Waals surface area contributed by atoms with Crippen molar-refractivity contribution in [2.45, 2.75) is 32.9 Å². The lowest BCUT2D eigenvalue weighted by Crippen LogP contribution is -2.52. The molecule has 5 nitrogen and oxygen atoms in total. The first-order chi connectivity index (χ1) is 17.2. The molecule has 0 saturated heterocycles. The van der Waals surface area contributed by atoms with Crippen molar-refractivity contribution in [2.24, 2.45) is 5.92 Å². The first-order valence-electron chi connectivity index (χ1n) is 11.7. The Kier molecular flexibility index (Phi) is 10.8. The lowest BCUT2D eigenvalue weighted by molar-refractivity contribution is -0.142. The summed E-state index contributed by atoms with van der Waals surface area (Å²) in [6.07, 6.45) is 0.387. The summed E-state index contributed by atoms with van der Waals surface area (Å²) >= 11 is 12.9. The summed E-state index contributed by atoms with van der Waals surface area (Å²) < 4.78 is 7.42. The fraction of sp³-hybridized carbons (Fsp3) is 0.286. The van der Waals surface area contributed by atoms with Crippen molar-refractivity contribution in [2.75, 3.05) is 13.2 Å². The summed E-state index contributed by atoms with van der Waals surface area (Å²) in [5.41, 5.74) is 1.88. The van der Waals surface area contributed by atoms with Crippen molar-refractivity contribution < 1.29 is 14.3 Å². The van der Waals surface area contributed by atoms with Crippen LogP contribution in [-0.4, -0.2) is 35.9 Å². The van der Waals surface area contributed by atoms with Crippen LogP contribution < -0.4 is 10.1 Å². The molecule has 1 atom stereocenters. The minimum atomic E-state index is -0.709. The highest BCUT2D eigenvalue weighted by Crippen LogP contribution is 2.28. The minimum absolute atomic E-state index is 0.189. The highest BCUT2D eigenvalue weighted by molar-refractivity contribution is 9.10. The molecular weight excluding hydrogens is 608 g/mol. The van der Waals surface area contributed by atoms with E-state index in [4.69, 9.17) is 16.3 Å². The molecule has 0 saturated carbocycles. The highest BCUT2D eigenvalue weighted by Gasteiger charge is 2.30. The second kappa shape index (κ2) is 13.8. The van der Waals surface area contributed by atoms with Crippen LogP contribution >= 0.6 is 43.5 Å². The van der Waals surface area contributed by atoms with Gasteiger partial charge in [-0.15, -0.1) is 0 Å². The molecule has 1 N–H and O–H groups in total. The number of amides is 2. The van der Waals surface area contributed by atoms with E-state index in [0.717, 1.165) is 15.6 Å². The standard InChI is InChI=1S/C28H29Br2ClN2O3/c1-19(2)16-32-28(35)25(14-20-6-4-3-5-7-20)33(17-21-8-10-22(29)11-9-21)27(34)18-36-26-13-12-23(31)15-24(26)30/h3-13,15,19,25H,14,16-18H2,1-2H3,(H,32,35)/t25-/m0/s1. The zero-order chi connectivity index (χ0) is 26.1. The number of nitrogens with zero attached hydrogens (tertiary/aromatic N) is 1. The topological polar surface area (TPSA) is 58.6 Å². The zero-order valence-electron chi connectivity index (χ0n) is 20.2. The molecule has 0 aromatic heterocycles. The molecule has 3 rings (SSSR count). The van der Waals surface area contributed by atoms with E-state index < -0.39 is 6.04 Å². The van der Waals surface area contributed by atoms with E-state index in [1.54, 1.807) is 23.1 Å². The van der Waals surface area contributed by atoms with Crippen LogP contribution in [0.2, 0.25) is 5.02 Å². The van der Waals surface area contributed by atoms with Gasteiger partial charge in [0.15, 0.2) is 6.61 Å². The van der Waals surface area contributed by atoms with Crippen molar-refractivity contribution >= 4 is 55.3 Å². The first-order valence-corrected chi connectivity index (χ1v) is 13.6. The SMILES string of the molecule is CC(C)CNC(=O)[C@H](Cc1ccccc1)N(Cc1ccc(Br)cc1)C(=O)COc1ccc(Cl)cc1Br. The molecule has 0 radical (unpaired) electrons. The quantitative estimate of drug-likeness (QED) is 0.256. The van der Waals surface area contributed by atoms with Gasteiger partial charge in [0.2, 0.25) is 5.91 Å². The lowest BCUT2D eigenvalue weighted by atomic mass is 10.0. The average Bonchev–Trinajstić information content (AvgIpc) is 2.85. The number of nitrogens with one attached hydrogen (secondary N) is 1. The fourth-order valence-electron chi connectivity index (χ4n) is 3.58. The molecule has 0 spiro atoms. The van der Waals surface area contributed by atoms with Crippen molar-refractivity contribution in [3.05, 3.63) is 97.9 Å². The number of benzene rings is 3. The van der Waals surface area contributed by atoms with Crippen LogP contribution in [0.4, 0.5) is 0 Å². The summed E-state index contributed by atoms with van der Waals surface area (Å²) in [7, 11) is 0. The van der Waals surface area contributed by atoms with Crippen molar-refractivity contribution in [3.8, 4) is 5.75 Å². The number of hydrogen-bond acceptors (Lipinski definition) is 3. The van der Waals surface area contributed by atoms with Gasteiger partial charge in [-0.05, 0) is 63.3 Å². The molecule has 0 aliphatic rings. The Labute approximate surface area is 234 Å². The molecular formula is C28H29Br2ClN2O3. The molecule has 0 unspecified atom stereocenters. The maximum absolute atomic E-state index is 13.6. The summed E-state index contributed by atoms with van der Waals surface area (Å²) in [4.78, 5) is 28.7. The second-order valence-corrected chi connectivity index (χ2v) is 11.1. The van der Waals surface area contributed by atoms with Gasteiger partial charge in [-0.1, -0.05) is 83.8 Å². The van der Waals surface area contributed by atoms with Crippen molar-refractivity contribution in [1.29, 1.82) is 0 Å². The smallest absolute Gasteiger partial charge is 0.261 e. The Bertz CT molecular complexity index is 1160. The predicted octanol–water partition coefficient (Wildman–Crippen LogP) is 6.66. The lowest BCUT2D eigenvalue weighted by Gasteiger charge is -2.31. The number of rotatable bonds is 11. The van der Waals surface area contributed by atoms with Gasteiger partial charge >= 0.3 is 0 Å². The van der Waals surface area contributed by atoms with Gasteiger partial charge in [0.25, 0.3) is 5.91 Å². The Morgan fingerprint density at radius 3 is 2.31 bits per heavy atom. The number of halogens is 3. The summed E-state index contributed by atoms with van der Waals surface area (Å²) in [5.74, 6) is 0.304. The number of carbonyl (C=O) groups excluding carboxylic acids is 2. The van der Waals surface area contributed by atoms with Crippen LogP contribution in [0.3, 0.4) is 0 Å². The average molecular weight is 637 g/mol. The third kappa shape index (κ3) is 8.64. The van der Waals surface area contributed by atoms with E-state index in [2.05, 4.69) is 37.2 Å². The molecule has 3 aromatic carbocycles. The van der Waals surface area contributed by atoms with E-state index in [1.807, 2.05) is 68.4 Å². The second-order valence-electron chi connectivity index (χ2n) is 8.86. The summed E-state index contributed by atoms with van der Waals surface area (Å²) in [5, 5.41) is 3.58. The normalized spacial score (nSPS) is 11.7. The Morgan fingerprint density at radius 1 is 0.972 bits per heavy atom. The third-order valence-electron chi connectivity index (χ3n) is 5.47. The van der Waals surface area contributed by atoms with Crippen LogP contribution in [-0.2, 0) is 22.6 Å². The maximum Gasteiger partial charge on any atom is 0.261 e. The summed E-state index contributed by atoms with van der Waals surface area (Å²) in [6.45, 7) is 4.64. The first kappa shape index (κ1) is 28.2. The van der Waals surface area contributed by atoms with E-state index in [9.17, 15) is 9.59 Å². The number of hydrogen-bond donors (Lipinski definition) is 1. The van der Waals surface area contributed by atoms with E-state index >= 15 is 0 Å².